The predicted molar refractivity (Wildman–Crippen MR) is 108 cm³/mol. The summed E-state index contributed by atoms with van der Waals surface area (Å²) in [5.74, 6) is 3.59. The van der Waals surface area contributed by atoms with Gasteiger partial charge in [0.05, 0.1) is 0 Å². The first kappa shape index (κ1) is 17.0. The van der Waals surface area contributed by atoms with Crippen molar-refractivity contribution in [1.29, 1.82) is 0 Å². The largest absolute Gasteiger partial charge is 0.300 e. The Labute approximate surface area is 159 Å². The maximum absolute atomic E-state index is 2.82. The van der Waals surface area contributed by atoms with Crippen molar-refractivity contribution in [2.75, 3.05) is 32.7 Å². The summed E-state index contributed by atoms with van der Waals surface area (Å²) in [6.45, 7) is 6.57. The predicted octanol–water partition coefficient (Wildman–Crippen LogP) is 4.54. The molecule has 2 bridgehead atoms. The molecule has 2 heteroatoms. The summed E-state index contributed by atoms with van der Waals surface area (Å²) >= 11 is 0. The van der Waals surface area contributed by atoms with Crippen molar-refractivity contribution in [1.82, 2.24) is 9.80 Å². The van der Waals surface area contributed by atoms with E-state index in [2.05, 4.69) is 52.3 Å². The summed E-state index contributed by atoms with van der Waals surface area (Å²) < 4.78 is 0. The second-order valence-electron chi connectivity index (χ2n) is 9.29. The molecule has 1 aromatic rings. The van der Waals surface area contributed by atoms with E-state index in [-0.39, 0.29) is 0 Å². The van der Waals surface area contributed by atoms with E-state index in [1.54, 1.807) is 5.56 Å². The quantitative estimate of drug-likeness (QED) is 0.736. The zero-order valence-electron chi connectivity index (χ0n) is 16.1. The fourth-order valence-electron chi connectivity index (χ4n) is 6.25. The fourth-order valence-corrected chi connectivity index (χ4v) is 6.25. The Balaban J connectivity index is 1.07. The monoisotopic (exact) mass is 350 g/mol. The van der Waals surface area contributed by atoms with E-state index in [1.165, 1.54) is 71.2 Å². The highest BCUT2D eigenvalue weighted by atomic mass is 15.3. The molecule has 26 heavy (non-hydrogen) atoms. The van der Waals surface area contributed by atoms with Gasteiger partial charge in [0, 0.05) is 38.8 Å². The minimum Gasteiger partial charge on any atom is -0.300 e. The minimum absolute atomic E-state index is 0.805. The summed E-state index contributed by atoms with van der Waals surface area (Å²) in [4.78, 5) is 5.59. The summed E-state index contributed by atoms with van der Waals surface area (Å²) in [6.07, 6.45) is 13.5. The molecule has 0 unspecified atom stereocenters. The van der Waals surface area contributed by atoms with Gasteiger partial charge in [-0.05, 0) is 67.8 Å². The van der Waals surface area contributed by atoms with Crippen LogP contribution in [0.2, 0.25) is 0 Å². The van der Waals surface area contributed by atoms with Crippen LogP contribution in [-0.4, -0.2) is 48.6 Å². The Morgan fingerprint density at radius 1 is 0.808 bits per heavy atom. The SMILES string of the molecule is C1=C[C@@H]2C[C@@H]1C[C@@H]2CN1CCN(C2CCC(c3ccccc3)CC2)CC1. The maximum Gasteiger partial charge on any atom is 0.0113 e. The minimum atomic E-state index is 0.805. The molecule has 0 spiro atoms. The van der Waals surface area contributed by atoms with Gasteiger partial charge in [0.15, 0.2) is 0 Å². The molecule has 3 atom stereocenters. The van der Waals surface area contributed by atoms with Gasteiger partial charge < -0.3 is 4.90 Å². The molecule has 1 aromatic carbocycles. The molecule has 5 rings (SSSR count). The third kappa shape index (κ3) is 3.51. The third-order valence-corrected chi connectivity index (χ3v) is 7.80. The average molecular weight is 351 g/mol. The molecule has 0 aromatic heterocycles. The molecule has 0 N–H and O–H groups in total. The van der Waals surface area contributed by atoms with Crippen LogP contribution in [0.25, 0.3) is 0 Å². The lowest BCUT2D eigenvalue weighted by Crippen LogP contribution is -2.52. The van der Waals surface area contributed by atoms with Gasteiger partial charge in [0.25, 0.3) is 0 Å². The standard InChI is InChI=1S/C24H34N2/c1-2-4-20(5-3-1)21-8-10-24(11-9-21)26-14-12-25(13-15-26)18-23-17-19-6-7-22(23)16-19/h1-7,19,21-24H,8-18H2/t19-,21?,22-,23-,24?/m1/s1. The van der Waals surface area contributed by atoms with Gasteiger partial charge in [0.1, 0.15) is 0 Å². The zero-order chi connectivity index (χ0) is 17.3. The Bertz CT molecular complexity index is 608. The number of hydrogen-bond acceptors (Lipinski definition) is 2. The molecule has 1 heterocycles. The van der Waals surface area contributed by atoms with Crippen LogP contribution in [0.1, 0.15) is 50.0 Å². The number of fused-ring (bicyclic) bond motifs is 2. The van der Waals surface area contributed by atoms with Gasteiger partial charge in [0.2, 0.25) is 0 Å². The van der Waals surface area contributed by atoms with E-state index >= 15 is 0 Å². The van der Waals surface area contributed by atoms with E-state index < -0.39 is 0 Å². The van der Waals surface area contributed by atoms with Crippen LogP contribution in [0, 0.1) is 17.8 Å². The lowest BCUT2D eigenvalue weighted by Gasteiger charge is -2.43. The highest BCUT2D eigenvalue weighted by Gasteiger charge is 2.37. The van der Waals surface area contributed by atoms with Crippen molar-refractivity contribution < 1.29 is 0 Å². The van der Waals surface area contributed by atoms with E-state index in [0.29, 0.717) is 0 Å². The Kier molecular flexibility index (Phi) is 4.89. The first-order valence-electron chi connectivity index (χ1n) is 11.0. The number of benzene rings is 1. The van der Waals surface area contributed by atoms with Gasteiger partial charge in [-0.1, -0.05) is 42.5 Å². The molecule has 2 nitrogen and oxygen atoms in total. The van der Waals surface area contributed by atoms with Crippen molar-refractivity contribution in [2.45, 2.75) is 50.5 Å². The van der Waals surface area contributed by atoms with Gasteiger partial charge in [-0.25, -0.2) is 0 Å². The topological polar surface area (TPSA) is 6.48 Å². The smallest absolute Gasteiger partial charge is 0.0113 e. The third-order valence-electron chi connectivity index (χ3n) is 7.80. The molecule has 1 saturated heterocycles. The van der Waals surface area contributed by atoms with Crippen LogP contribution in [0.5, 0.6) is 0 Å². The van der Waals surface area contributed by atoms with Crippen molar-refractivity contribution in [3.63, 3.8) is 0 Å². The molecule has 0 radical (unpaired) electrons. The first-order chi connectivity index (χ1) is 12.8. The number of rotatable bonds is 4. The van der Waals surface area contributed by atoms with E-state index in [0.717, 1.165) is 29.7 Å². The van der Waals surface area contributed by atoms with Crippen LogP contribution < -0.4 is 0 Å². The normalized spacial score (nSPS) is 38.1. The van der Waals surface area contributed by atoms with Crippen molar-refractivity contribution in [3.05, 3.63) is 48.0 Å². The van der Waals surface area contributed by atoms with Crippen LogP contribution in [0.4, 0.5) is 0 Å². The second-order valence-corrected chi connectivity index (χ2v) is 9.29. The molecule has 3 fully saturated rings. The van der Waals surface area contributed by atoms with E-state index in [9.17, 15) is 0 Å². The Morgan fingerprint density at radius 2 is 1.58 bits per heavy atom. The molecule has 4 aliphatic rings. The molecular weight excluding hydrogens is 316 g/mol. The van der Waals surface area contributed by atoms with Crippen LogP contribution in [-0.2, 0) is 0 Å². The zero-order valence-corrected chi connectivity index (χ0v) is 16.1. The van der Waals surface area contributed by atoms with Gasteiger partial charge in [-0.2, -0.15) is 0 Å². The highest BCUT2D eigenvalue weighted by Crippen LogP contribution is 2.43. The van der Waals surface area contributed by atoms with E-state index in [4.69, 9.17) is 0 Å². The maximum atomic E-state index is 2.82. The summed E-state index contributed by atoms with van der Waals surface area (Å²) in [5.41, 5.74) is 1.57. The first-order valence-corrected chi connectivity index (χ1v) is 11.0. The van der Waals surface area contributed by atoms with Gasteiger partial charge in [-0.15, -0.1) is 0 Å². The molecule has 140 valence electrons. The van der Waals surface area contributed by atoms with E-state index in [1.807, 2.05) is 0 Å². The van der Waals surface area contributed by atoms with Crippen LogP contribution in [0.15, 0.2) is 42.5 Å². The van der Waals surface area contributed by atoms with Crippen molar-refractivity contribution in [2.24, 2.45) is 17.8 Å². The summed E-state index contributed by atoms with van der Waals surface area (Å²) in [6, 6.07) is 12.0. The fraction of sp³-hybridized carbons (Fsp3) is 0.667. The number of nitrogens with zero attached hydrogens (tertiary/aromatic N) is 2. The molecule has 1 aliphatic heterocycles. The number of allylic oxidation sites excluding steroid dienone is 2. The molecule has 0 amide bonds. The van der Waals surface area contributed by atoms with Gasteiger partial charge in [-0.3, -0.25) is 4.90 Å². The summed E-state index contributed by atoms with van der Waals surface area (Å²) in [7, 11) is 0. The number of hydrogen-bond donors (Lipinski definition) is 0. The molecule has 2 saturated carbocycles. The molecule has 3 aliphatic carbocycles. The summed E-state index contributed by atoms with van der Waals surface area (Å²) in [5, 5.41) is 0. The Morgan fingerprint density at radius 3 is 2.23 bits per heavy atom. The average Bonchev–Trinajstić information content (AvgIpc) is 3.33. The Hall–Kier alpha value is -1.12. The molecular formula is C24H34N2. The highest BCUT2D eigenvalue weighted by molar-refractivity contribution is 5.20. The number of piperazine rings is 1. The lowest BCUT2D eigenvalue weighted by atomic mass is 9.81. The van der Waals surface area contributed by atoms with Crippen LogP contribution in [0.3, 0.4) is 0 Å². The van der Waals surface area contributed by atoms with Crippen molar-refractivity contribution >= 4 is 0 Å². The van der Waals surface area contributed by atoms with Crippen LogP contribution >= 0.6 is 0 Å². The van der Waals surface area contributed by atoms with Crippen molar-refractivity contribution in [3.8, 4) is 0 Å². The van der Waals surface area contributed by atoms with Gasteiger partial charge >= 0.3 is 0 Å². The second kappa shape index (κ2) is 7.48. The lowest BCUT2D eigenvalue weighted by molar-refractivity contribution is 0.0661.